The number of benzene rings is 3. The Kier molecular flexibility index (Phi) is 5.95. The SMILES string of the molecule is CCc1ccc2oc(Cc3ccc(NC(=O)c4ccc(-c5ccc(C)c(Cl)c5)o4)cc3)nc2c1. The van der Waals surface area contributed by atoms with E-state index in [2.05, 4.69) is 29.4 Å². The van der Waals surface area contributed by atoms with Crippen LogP contribution in [-0.2, 0) is 12.8 Å². The summed E-state index contributed by atoms with van der Waals surface area (Å²) in [4.78, 5) is 17.3. The van der Waals surface area contributed by atoms with E-state index in [1.54, 1.807) is 12.1 Å². The number of anilines is 1. The maximum Gasteiger partial charge on any atom is 0.291 e. The van der Waals surface area contributed by atoms with E-state index < -0.39 is 0 Å². The molecule has 170 valence electrons. The number of hydrogen-bond acceptors (Lipinski definition) is 4. The highest BCUT2D eigenvalue weighted by atomic mass is 35.5. The molecule has 0 saturated carbocycles. The van der Waals surface area contributed by atoms with Crippen LogP contribution in [0.2, 0.25) is 5.02 Å². The highest BCUT2D eigenvalue weighted by Crippen LogP contribution is 2.27. The van der Waals surface area contributed by atoms with E-state index in [9.17, 15) is 4.79 Å². The molecule has 0 unspecified atom stereocenters. The van der Waals surface area contributed by atoms with Crippen LogP contribution in [0.25, 0.3) is 22.4 Å². The lowest BCUT2D eigenvalue weighted by molar-refractivity contribution is 0.0997. The monoisotopic (exact) mass is 470 g/mol. The Labute approximate surface area is 202 Å². The van der Waals surface area contributed by atoms with Crippen LogP contribution >= 0.6 is 11.6 Å². The number of aryl methyl sites for hydroxylation is 2. The van der Waals surface area contributed by atoms with Gasteiger partial charge in [-0.2, -0.15) is 0 Å². The largest absolute Gasteiger partial charge is 0.451 e. The lowest BCUT2D eigenvalue weighted by atomic mass is 10.1. The topological polar surface area (TPSA) is 68.3 Å². The van der Waals surface area contributed by atoms with Crippen LogP contribution in [0.15, 0.2) is 81.6 Å². The molecule has 0 aliphatic rings. The normalized spacial score (nSPS) is 11.1. The van der Waals surface area contributed by atoms with Gasteiger partial charge in [-0.15, -0.1) is 0 Å². The van der Waals surface area contributed by atoms with Crippen molar-refractivity contribution in [2.75, 3.05) is 5.32 Å². The molecule has 0 aliphatic heterocycles. The van der Waals surface area contributed by atoms with Gasteiger partial charge >= 0.3 is 0 Å². The first-order valence-corrected chi connectivity index (χ1v) is 11.5. The molecule has 1 N–H and O–H groups in total. The molecular weight excluding hydrogens is 448 g/mol. The van der Waals surface area contributed by atoms with E-state index in [0.29, 0.717) is 28.8 Å². The van der Waals surface area contributed by atoms with Gasteiger partial charge in [-0.3, -0.25) is 4.79 Å². The van der Waals surface area contributed by atoms with E-state index in [0.717, 1.165) is 34.2 Å². The molecule has 5 aromatic rings. The van der Waals surface area contributed by atoms with Crippen molar-refractivity contribution in [1.29, 1.82) is 0 Å². The minimum atomic E-state index is -0.317. The van der Waals surface area contributed by atoms with Crippen LogP contribution < -0.4 is 5.32 Å². The van der Waals surface area contributed by atoms with Crippen LogP contribution in [0.4, 0.5) is 5.69 Å². The molecule has 1 amide bonds. The fourth-order valence-corrected chi connectivity index (χ4v) is 3.93. The summed E-state index contributed by atoms with van der Waals surface area (Å²) in [6.07, 6.45) is 1.54. The number of carbonyl (C=O) groups excluding carboxylic acids is 1. The molecule has 0 spiro atoms. The second-order valence-corrected chi connectivity index (χ2v) is 8.63. The van der Waals surface area contributed by atoms with Crippen LogP contribution in [0, 0.1) is 6.92 Å². The van der Waals surface area contributed by atoms with Crippen LogP contribution in [-0.4, -0.2) is 10.9 Å². The maximum atomic E-state index is 12.7. The minimum Gasteiger partial charge on any atom is -0.451 e. The van der Waals surface area contributed by atoms with E-state index in [4.69, 9.17) is 20.4 Å². The highest BCUT2D eigenvalue weighted by molar-refractivity contribution is 6.31. The quantitative estimate of drug-likeness (QED) is 0.279. The van der Waals surface area contributed by atoms with E-state index in [-0.39, 0.29) is 11.7 Å². The van der Waals surface area contributed by atoms with Crippen molar-refractivity contribution in [3.8, 4) is 11.3 Å². The fraction of sp³-hybridized carbons (Fsp3) is 0.143. The number of nitrogens with zero attached hydrogens (tertiary/aromatic N) is 1. The molecule has 2 aromatic heterocycles. The molecule has 5 rings (SSSR count). The number of halogens is 1. The van der Waals surface area contributed by atoms with Crippen molar-refractivity contribution in [2.45, 2.75) is 26.7 Å². The predicted molar refractivity (Wildman–Crippen MR) is 134 cm³/mol. The molecule has 0 radical (unpaired) electrons. The summed E-state index contributed by atoms with van der Waals surface area (Å²) in [5.41, 5.74) is 6.43. The van der Waals surface area contributed by atoms with Gasteiger partial charge in [0.2, 0.25) is 0 Å². The van der Waals surface area contributed by atoms with E-state index >= 15 is 0 Å². The summed E-state index contributed by atoms with van der Waals surface area (Å²) in [6.45, 7) is 4.06. The molecular formula is C28H23ClN2O3. The van der Waals surface area contributed by atoms with Crippen molar-refractivity contribution >= 4 is 34.3 Å². The Morgan fingerprint density at radius 3 is 2.50 bits per heavy atom. The Balaban J connectivity index is 1.25. The standard InChI is InChI=1S/C28H23ClN2O3/c1-3-18-7-11-25-23(14-18)31-27(34-25)15-19-5-9-21(10-6-19)30-28(32)26-13-12-24(33-26)20-8-4-17(2)22(29)16-20/h4-14,16H,3,15H2,1-2H3,(H,30,32). The number of nitrogens with one attached hydrogen (secondary N) is 1. The van der Waals surface area contributed by atoms with Gasteiger partial charge in [0.25, 0.3) is 5.91 Å². The number of oxazole rings is 1. The lowest BCUT2D eigenvalue weighted by Gasteiger charge is -2.05. The van der Waals surface area contributed by atoms with Gasteiger partial charge in [0.05, 0.1) is 0 Å². The number of carbonyl (C=O) groups is 1. The summed E-state index contributed by atoms with van der Waals surface area (Å²) >= 11 is 6.21. The fourth-order valence-electron chi connectivity index (χ4n) is 3.75. The van der Waals surface area contributed by atoms with Gasteiger partial charge in [-0.05, 0) is 72.5 Å². The van der Waals surface area contributed by atoms with Gasteiger partial charge in [0.1, 0.15) is 11.3 Å². The molecule has 34 heavy (non-hydrogen) atoms. The van der Waals surface area contributed by atoms with Gasteiger partial charge in [0, 0.05) is 22.7 Å². The van der Waals surface area contributed by atoms with Crippen LogP contribution in [0.5, 0.6) is 0 Å². The van der Waals surface area contributed by atoms with Crippen molar-refractivity contribution < 1.29 is 13.6 Å². The number of rotatable bonds is 6. The number of furan rings is 1. The number of amides is 1. The Morgan fingerprint density at radius 2 is 1.74 bits per heavy atom. The number of hydrogen-bond donors (Lipinski definition) is 1. The first-order chi connectivity index (χ1) is 16.5. The van der Waals surface area contributed by atoms with Gasteiger partial charge < -0.3 is 14.2 Å². The zero-order chi connectivity index (χ0) is 23.7. The van der Waals surface area contributed by atoms with Crippen molar-refractivity contribution in [3.05, 3.63) is 106 Å². The zero-order valence-electron chi connectivity index (χ0n) is 18.9. The average molecular weight is 471 g/mol. The summed E-state index contributed by atoms with van der Waals surface area (Å²) in [5.74, 6) is 1.17. The summed E-state index contributed by atoms with van der Waals surface area (Å²) < 4.78 is 11.6. The molecule has 6 heteroatoms. The first kappa shape index (κ1) is 22.0. The smallest absolute Gasteiger partial charge is 0.291 e. The number of aromatic nitrogens is 1. The van der Waals surface area contributed by atoms with Crippen LogP contribution in [0.1, 0.15) is 40.1 Å². The third kappa shape index (κ3) is 4.61. The van der Waals surface area contributed by atoms with Crippen LogP contribution in [0.3, 0.4) is 0 Å². The van der Waals surface area contributed by atoms with E-state index in [1.807, 2.05) is 55.5 Å². The maximum absolute atomic E-state index is 12.7. The molecule has 0 atom stereocenters. The van der Waals surface area contributed by atoms with Gasteiger partial charge in [0.15, 0.2) is 17.2 Å². The zero-order valence-corrected chi connectivity index (χ0v) is 19.6. The first-order valence-electron chi connectivity index (χ1n) is 11.1. The lowest BCUT2D eigenvalue weighted by Crippen LogP contribution is -2.10. The average Bonchev–Trinajstić information content (AvgIpc) is 3.49. The van der Waals surface area contributed by atoms with Gasteiger partial charge in [-0.1, -0.05) is 48.9 Å². The second-order valence-electron chi connectivity index (χ2n) is 8.22. The Hall–Kier alpha value is -3.83. The molecule has 0 fully saturated rings. The Bertz CT molecular complexity index is 1480. The predicted octanol–water partition coefficient (Wildman–Crippen LogP) is 7.46. The highest BCUT2D eigenvalue weighted by Gasteiger charge is 2.14. The number of fused-ring (bicyclic) bond motifs is 1. The summed E-state index contributed by atoms with van der Waals surface area (Å²) in [7, 11) is 0. The van der Waals surface area contributed by atoms with Gasteiger partial charge in [-0.25, -0.2) is 4.98 Å². The summed E-state index contributed by atoms with van der Waals surface area (Å²) in [6, 6.07) is 22.8. The third-order valence-corrected chi connectivity index (χ3v) is 6.17. The van der Waals surface area contributed by atoms with Crippen molar-refractivity contribution in [2.24, 2.45) is 0 Å². The summed E-state index contributed by atoms with van der Waals surface area (Å²) in [5, 5.41) is 3.53. The minimum absolute atomic E-state index is 0.230. The molecule has 3 aromatic carbocycles. The van der Waals surface area contributed by atoms with Crippen molar-refractivity contribution in [1.82, 2.24) is 4.98 Å². The molecule has 5 nitrogen and oxygen atoms in total. The van der Waals surface area contributed by atoms with Crippen molar-refractivity contribution in [3.63, 3.8) is 0 Å². The second kappa shape index (κ2) is 9.20. The molecule has 0 aliphatic carbocycles. The Morgan fingerprint density at radius 1 is 0.941 bits per heavy atom. The molecule has 0 bridgehead atoms. The molecule has 0 saturated heterocycles. The molecule has 2 heterocycles. The third-order valence-electron chi connectivity index (χ3n) is 5.76. The van der Waals surface area contributed by atoms with E-state index in [1.165, 1.54) is 5.56 Å².